The van der Waals surface area contributed by atoms with E-state index in [4.69, 9.17) is 39.9 Å². The molecule has 0 saturated heterocycles. The summed E-state index contributed by atoms with van der Waals surface area (Å²) in [7, 11) is 0. The normalized spacial score (nSPS) is 23.4. The Morgan fingerprint density at radius 2 is 1.61 bits per heavy atom. The lowest BCUT2D eigenvalue weighted by atomic mass is 9.71. The van der Waals surface area contributed by atoms with Crippen LogP contribution in [0.1, 0.15) is 64.5 Å². The van der Waals surface area contributed by atoms with Gasteiger partial charge in [-0.2, -0.15) is 5.10 Å². The van der Waals surface area contributed by atoms with Crippen LogP contribution in [0, 0.1) is 11.3 Å². The molecule has 33 heavy (non-hydrogen) atoms. The Balaban J connectivity index is 1.53. The van der Waals surface area contributed by atoms with E-state index < -0.39 is 0 Å². The largest absolute Gasteiger partial charge is 0.348 e. The van der Waals surface area contributed by atoms with Gasteiger partial charge in [0.25, 0.3) is 5.91 Å². The number of nitrogens with zero attached hydrogens (tertiary/aromatic N) is 2. The third kappa shape index (κ3) is 5.67. The van der Waals surface area contributed by atoms with Gasteiger partial charge in [0.15, 0.2) is 0 Å². The second-order valence-corrected chi connectivity index (χ2v) is 11.4. The molecule has 1 aliphatic carbocycles. The van der Waals surface area contributed by atoms with Crippen LogP contribution in [0.15, 0.2) is 47.6 Å². The Bertz CT molecular complexity index is 1040. The maximum Gasteiger partial charge on any atom is 0.267 e. The molecule has 1 amide bonds. The van der Waals surface area contributed by atoms with Gasteiger partial charge in [0.1, 0.15) is 5.71 Å². The third-order valence-corrected chi connectivity index (χ3v) is 7.66. The zero-order valence-corrected chi connectivity index (χ0v) is 21.5. The van der Waals surface area contributed by atoms with Gasteiger partial charge in [0.05, 0.1) is 16.8 Å². The summed E-state index contributed by atoms with van der Waals surface area (Å²) >= 11 is 18.7. The number of nitrogens with one attached hydrogen (secondary N) is 1. The van der Waals surface area contributed by atoms with Gasteiger partial charge in [-0.3, -0.25) is 9.80 Å². The molecular weight excluding hydrogens is 477 g/mol. The zero-order valence-electron chi connectivity index (χ0n) is 19.2. The molecule has 1 heterocycles. The lowest BCUT2D eigenvalue weighted by Crippen LogP contribution is -2.42. The van der Waals surface area contributed by atoms with E-state index in [9.17, 15) is 4.79 Å². The minimum Gasteiger partial charge on any atom is -0.348 e. The van der Waals surface area contributed by atoms with E-state index in [0.29, 0.717) is 38.5 Å². The van der Waals surface area contributed by atoms with Crippen molar-refractivity contribution in [3.63, 3.8) is 0 Å². The van der Waals surface area contributed by atoms with Gasteiger partial charge in [0.2, 0.25) is 0 Å². The molecular formula is C26H30Cl3N3O. The first-order valence-corrected chi connectivity index (χ1v) is 12.6. The Labute approximate surface area is 211 Å². The summed E-state index contributed by atoms with van der Waals surface area (Å²) in [5.74, 6) is 0.604. The summed E-state index contributed by atoms with van der Waals surface area (Å²) in [6, 6.07) is 13.0. The standard InChI is InChI=1S/C26H30Cl3N3O/c1-26(2,3)17-6-11-20(12-7-17)30-25(33)22-15-24(16-4-8-18(27)9-5-16)32(31-22)23-13-10-19(28)14-21(23)29/h4-5,8-10,13-14,17,20,24H,6-7,11-12,15H2,1-3H3,(H,30,33). The third-order valence-electron chi connectivity index (χ3n) is 6.87. The molecule has 4 nitrogen and oxygen atoms in total. The molecule has 2 aliphatic rings. The van der Waals surface area contributed by atoms with E-state index in [1.807, 2.05) is 35.3 Å². The van der Waals surface area contributed by atoms with Gasteiger partial charge in [-0.1, -0.05) is 67.7 Å². The lowest BCUT2D eigenvalue weighted by molar-refractivity contribution is -0.115. The van der Waals surface area contributed by atoms with Crippen molar-refractivity contribution in [1.29, 1.82) is 0 Å². The van der Waals surface area contributed by atoms with Crippen molar-refractivity contribution in [3.8, 4) is 0 Å². The van der Waals surface area contributed by atoms with Crippen molar-refractivity contribution in [2.75, 3.05) is 5.01 Å². The summed E-state index contributed by atoms with van der Waals surface area (Å²) in [5.41, 5.74) is 2.56. The molecule has 0 aromatic heterocycles. The predicted octanol–water partition coefficient (Wildman–Crippen LogP) is 7.68. The molecule has 1 saturated carbocycles. The van der Waals surface area contributed by atoms with Crippen LogP contribution in [0.4, 0.5) is 5.69 Å². The number of hydrogen-bond acceptors (Lipinski definition) is 3. The van der Waals surface area contributed by atoms with Crippen LogP contribution in [0.5, 0.6) is 0 Å². The van der Waals surface area contributed by atoms with Crippen LogP contribution >= 0.6 is 34.8 Å². The van der Waals surface area contributed by atoms with Gasteiger partial charge < -0.3 is 5.32 Å². The average Bonchev–Trinajstić information content (AvgIpc) is 3.19. The topological polar surface area (TPSA) is 44.7 Å². The number of anilines is 1. The first kappa shape index (κ1) is 24.4. The highest BCUT2D eigenvalue weighted by Gasteiger charge is 2.35. The molecule has 0 bridgehead atoms. The highest BCUT2D eigenvalue weighted by Crippen LogP contribution is 2.40. The van der Waals surface area contributed by atoms with Gasteiger partial charge in [-0.25, -0.2) is 0 Å². The Kier molecular flexibility index (Phi) is 7.28. The average molecular weight is 507 g/mol. The quantitative estimate of drug-likeness (QED) is 0.462. The van der Waals surface area contributed by atoms with E-state index in [-0.39, 0.29) is 18.0 Å². The summed E-state index contributed by atoms with van der Waals surface area (Å²) in [5, 5.41) is 11.5. The highest BCUT2D eigenvalue weighted by atomic mass is 35.5. The van der Waals surface area contributed by atoms with E-state index in [0.717, 1.165) is 36.9 Å². The smallest absolute Gasteiger partial charge is 0.267 e. The number of rotatable bonds is 4. The van der Waals surface area contributed by atoms with E-state index in [2.05, 4.69) is 26.1 Å². The fraction of sp³-hybridized carbons (Fsp3) is 0.462. The van der Waals surface area contributed by atoms with Crippen LogP contribution in [-0.2, 0) is 4.79 Å². The number of hydrogen-bond donors (Lipinski definition) is 1. The van der Waals surface area contributed by atoms with Crippen molar-refractivity contribution in [2.24, 2.45) is 16.4 Å². The van der Waals surface area contributed by atoms with Crippen molar-refractivity contribution < 1.29 is 4.79 Å². The fourth-order valence-corrected chi connectivity index (χ4v) is 5.47. The number of benzene rings is 2. The molecule has 1 unspecified atom stereocenters. The monoisotopic (exact) mass is 505 g/mol. The maximum atomic E-state index is 13.2. The molecule has 1 atom stereocenters. The van der Waals surface area contributed by atoms with Crippen molar-refractivity contribution in [2.45, 2.75) is 65.0 Å². The van der Waals surface area contributed by atoms with Gasteiger partial charge >= 0.3 is 0 Å². The predicted molar refractivity (Wildman–Crippen MR) is 139 cm³/mol. The van der Waals surface area contributed by atoms with Crippen LogP contribution in [0.25, 0.3) is 0 Å². The van der Waals surface area contributed by atoms with Crippen LogP contribution in [0.3, 0.4) is 0 Å². The van der Waals surface area contributed by atoms with Crippen LogP contribution < -0.4 is 10.3 Å². The number of halogens is 3. The van der Waals surface area contributed by atoms with Gasteiger partial charge in [-0.15, -0.1) is 0 Å². The molecule has 4 rings (SSSR count). The Morgan fingerprint density at radius 1 is 0.970 bits per heavy atom. The van der Waals surface area contributed by atoms with Crippen LogP contribution in [-0.4, -0.2) is 17.7 Å². The molecule has 1 N–H and O–H groups in total. The van der Waals surface area contributed by atoms with E-state index in [1.165, 1.54) is 0 Å². The summed E-state index contributed by atoms with van der Waals surface area (Å²) in [6.45, 7) is 6.91. The second kappa shape index (κ2) is 9.85. The number of hydrazone groups is 1. The minimum absolute atomic E-state index is 0.0965. The van der Waals surface area contributed by atoms with E-state index >= 15 is 0 Å². The number of carbonyl (C=O) groups is 1. The van der Waals surface area contributed by atoms with Crippen molar-refractivity contribution >= 4 is 52.1 Å². The fourth-order valence-electron chi connectivity index (χ4n) is 4.85. The second-order valence-electron chi connectivity index (χ2n) is 10.1. The summed E-state index contributed by atoms with van der Waals surface area (Å²) in [4.78, 5) is 13.2. The molecule has 2 aromatic carbocycles. The van der Waals surface area contributed by atoms with Gasteiger partial charge in [0, 0.05) is 22.5 Å². The lowest BCUT2D eigenvalue weighted by Gasteiger charge is -2.37. The SMILES string of the molecule is CC(C)(C)C1CCC(NC(=O)C2=NN(c3ccc(Cl)cc3Cl)C(c3ccc(Cl)cc3)C2)CC1. The number of amides is 1. The zero-order chi connectivity index (χ0) is 23.8. The molecule has 2 aromatic rings. The maximum absolute atomic E-state index is 13.2. The molecule has 0 radical (unpaired) electrons. The molecule has 1 aliphatic heterocycles. The summed E-state index contributed by atoms with van der Waals surface area (Å²) < 4.78 is 0. The number of carbonyl (C=O) groups excluding carboxylic acids is 1. The molecule has 7 heteroatoms. The Hall–Kier alpha value is -1.75. The van der Waals surface area contributed by atoms with Crippen LogP contribution in [0.2, 0.25) is 15.1 Å². The first-order chi connectivity index (χ1) is 15.6. The van der Waals surface area contributed by atoms with Gasteiger partial charge in [-0.05, 0) is 72.9 Å². The van der Waals surface area contributed by atoms with Crippen molar-refractivity contribution in [1.82, 2.24) is 5.32 Å². The molecule has 0 spiro atoms. The minimum atomic E-state index is -0.154. The molecule has 1 fully saturated rings. The summed E-state index contributed by atoms with van der Waals surface area (Å²) in [6.07, 6.45) is 4.79. The molecule has 176 valence electrons. The highest BCUT2D eigenvalue weighted by molar-refractivity contribution is 6.40. The van der Waals surface area contributed by atoms with E-state index in [1.54, 1.807) is 12.1 Å². The van der Waals surface area contributed by atoms with Crippen molar-refractivity contribution in [3.05, 3.63) is 63.1 Å². The Morgan fingerprint density at radius 3 is 2.21 bits per heavy atom. The first-order valence-electron chi connectivity index (χ1n) is 11.5.